The van der Waals surface area contributed by atoms with Gasteiger partial charge in [0, 0.05) is 19.1 Å². The zero-order valence-corrected chi connectivity index (χ0v) is 16.8. The van der Waals surface area contributed by atoms with E-state index < -0.39 is 8.32 Å². The molecule has 0 aromatic rings. The van der Waals surface area contributed by atoms with E-state index in [2.05, 4.69) is 38.6 Å². The molecule has 0 bridgehead atoms. The second-order valence-corrected chi connectivity index (χ2v) is 13.0. The van der Waals surface area contributed by atoms with E-state index in [-0.39, 0.29) is 35.4 Å². The van der Waals surface area contributed by atoms with Crippen LogP contribution in [0.2, 0.25) is 18.1 Å². The Bertz CT molecular complexity index is 469. The van der Waals surface area contributed by atoms with Crippen molar-refractivity contribution in [3.8, 4) is 0 Å². The number of esters is 1. The van der Waals surface area contributed by atoms with Gasteiger partial charge in [-0.3, -0.25) is 0 Å². The lowest BCUT2D eigenvalue weighted by molar-refractivity contribution is -0.134. The third kappa shape index (κ3) is 5.15. The highest BCUT2D eigenvalue weighted by Gasteiger charge is 2.45. The number of carbonyl (C=O) groups is 1. The lowest BCUT2D eigenvalue weighted by Crippen LogP contribution is -2.49. The van der Waals surface area contributed by atoms with Gasteiger partial charge in [0.15, 0.2) is 8.32 Å². The summed E-state index contributed by atoms with van der Waals surface area (Å²) in [5, 5.41) is 0.191. The highest BCUT2D eigenvalue weighted by atomic mass is 28.4. The van der Waals surface area contributed by atoms with E-state index in [1.54, 1.807) is 6.08 Å². The van der Waals surface area contributed by atoms with Gasteiger partial charge in [-0.25, -0.2) is 4.79 Å². The number of methoxy groups -OCH3 is 1. The standard InChI is InChI=1S/C18H32O5Si/c1-18(2,3)24(5,6)23-14-8-7-11-21-15(14)12-16-13(22-16)9-10-17(19)20-4/h9-10,13-16H,7-8,11-12H2,1-6H3/b10-9+/t13-,14+,15-,16-/m0/s1. The van der Waals surface area contributed by atoms with Gasteiger partial charge >= 0.3 is 5.97 Å². The van der Waals surface area contributed by atoms with Gasteiger partial charge < -0.3 is 18.6 Å². The Hall–Kier alpha value is -0.693. The molecule has 6 heteroatoms. The second-order valence-electron chi connectivity index (χ2n) is 8.23. The predicted molar refractivity (Wildman–Crippen MR) is 95.5 cm³/mol. The zero-order valence-electron chi connectivity index (χ0n) is 15.8. The van der Waals surface area contributed by atoms with E-state index in [4.69, 9.17) is 13.9 Å². The fourth-order valence-corrected chi connectivity index (χ4v) is 4.09. The molecular formula is C18H32O5Si. The maximum atomic E-state index is 11.1. The third-order valence-electron chi connectivity index (χ3n) is 5.34. The van der Waals surface area contributed by atoms with Gasteiger partial charge in [-0.1, -0.05) is 20.8 Å². The Labute approximate surface area is 146 Å². The fraction of sp³-hybridized carbons (Fsp3) is 0.833. The van der Waals surface area contributed by atoms with Crippen LogP contribution in [0.3, 0.4) is 0 Å². The van der Waals surface area contributed by atoms with Gasteiger partial charge in [0.05, 0.1) is 25.4 Å². The maximum Gasteiger partial charge on any atom is 0.330 e. The van der Waals surface area contributed by atoms with Gasteiger partial charge in [-0.05, 0) is 37.0 Å². The average molecular weight is 357 g/mol. The van der Waals surface area contributed by atoms with Crippen LogP contribution in [-0.4, -0.2) is 52.4 Å². The van der Waals surface area contributed by atoms with Crippen molar-refractivity contribution in [2.75, 3.05) is 13.7 Å². The highest BCUT2D eigenvalue weighted by Crippen LogP contribution is 2.40. The second kappa shape index (κ2) is 7.68. The molecule has 2 aliphatic rings. The first-order valence-electron chi connectivity index (χ1n) is 8.85. The molecule has 2 heterocycles. The van der Waals surface area contributed by atoms with Gasteiger partial charge in [0.25, 0.3) is 0 Å². The SMILES string of the molecule is COC(=O)/C=C/[C@@H]1O[C@H]1C[C@@H]1OCCC[C@H]1O[Si](C)(C)C(C)(C)C. The number of rotatable bonds is 6. The summed E-state index contributed by atoms with van der Waals surface area (Å²) in [5.74, 6) is -0.350. The van der Waals surface area contributed by atoms with Crippen LogP contribution in [0.1, 0.15) is 40.0 Å². The molecule has 24 heavy (non-hydrogen) atoms. The minimum atomic E-state index is -1.81. The molecule has 2 rings (SSSR count). The Kier molecular flexibility index (Phi) is 6.28. The molecule has 2 fully saturated rings. The van der Waals surface area contributed by atoms with Crippen LogP contribution < -0.4 is 0 Å². The maximum absolute atomic E-state index is 11.1. The van der Waals surface area contributed by atoms with Crippen molar-refractivity contribution in [3.63, 3.8) is 0 Å². The van der Waals surface area contributed by atoms with Crippen molar-refractivity contribution < 1.29 is 23.4 Å². The topological polar surface area (TPSA) is 57.3 Å². The Morgan fingerprint density at radius 2 is 2.00 bits per heavy atom. The van der Waals surface area contributed by atoms with Crippen molar-refractivity contribution in [3.05, 3.63) is 12.2 Å². The molecule has 2 saturated heterocycles. The highest BCUT2D eigenvalue weighted by molar-refractivity contribution is 6.74. The number of hydrogen-bond acceptors (Lipinski definition) is 5. The normalized spacial score (nSPS) is 31.2. The summed E-state index contributed by atoms with van der Waals surface area (Å²) in [6, 6.07) is 0. The van der Waals surface area contributed by atoms with Gasteiger partial charge in [-0.15, -0.1) is 0 Å². The van der Waals surface area contributed by atoms with Crippen molar-refractivity contribution in [2.45, 2.75) is 82.6 Å². The summed E-state index contributed by atoms with van der Waals surface area (Å²) < 4.78 is 22.8. The summed E-state index contributed by atoms with van der Waals surface area (Å²) in [5.41, 5.74) is 0. The van der Waals surface area contributed by atoms with Crippen LogP contribution in [0.5, 0.6) is 0 Å². The van der Waals surface area contributed by atoms with E-state index >= 15 is 0 Å². The minimum absolute atomic E-state index is 0.0110. The summed E-state index contributed by atoms with van der Waals surface area (Å²) in [7, 11) is -0.441. The van der Waals surface area contributed by atoms with Crippen LogP contribution in [0.25, 0.3) is 0 Å². The molecule has 0 unspecified atom stereocenters. The van der Waals surface area contributed by atoms with E-state index in [1.807, 2.05) is 0 Å². The van der Waals surface area contributed by atoms with Crippen molar-refractivity contribution in [1.82, 2.24) is 0 Å². The summed E-state index contributed by atoms with van der Waals surface area (Å²) >= 11 is 0. The van der Waals surface area contributed by atoms with Gasteiger partial charge in [-0.2, -0.15) is 0 Å². The lowest BCUT2D eigenvalue weighted by Gasteiger charge is -2.42. The fourth-order valence-electron chi connectivity index (χ4n) is 2.71. The van der Waals surface area contributed by atoms with E-state index in [0.717, 1.165) is 25.9 Å². The van der Waals surface area contributed by atoms with Crippen molar-refractivity contribution >= 4 is 14.3 Å². The number of ether oxygens (including phenoxy) is 3. The van der Waals surface area contributed by atoms with E-state index in [1.165, 1.54) is 13.2 Å². The van der Waals surface area contributed by atoms with Crippen LogP contribution in [0.15, 0.2) is 12.2 Å². The van der Waals surface area contributed by atoms with Crippen LogP contribution in [0, 0.1) is 0 Å². The first-order valence-corrected chi connectivity index (χ1v) is 11.8. The van der Waals surface area contributed by atoms with Crippen LogP contribution in [-0.2, 0) is 23.4 Å². The largest absolute Gasteiger partial charge is 0.466 e. The van der Waals surface area contributed by atoms with E-state index in [0.29, 0.717) is 0 Å². The molecule has 0 radical (unpaired) electrons. The molecule has 138 valence electrons. The average Bonchev–Trinajstić information content (AvgIpc) is 3.23. The smallest absolute Gasteiger partial charge is 0.330 e. The zero-order chi connectivity index (χ0) is 18.0. The van der Waals surface area contributed by atoms with Crippen LogP contribution in [0.4, 0.5) is 0 Å². The molecule has 0 N–H and O–H groups in total. The first-order chi connectivity index (χ1) is 11.1. The lowest BCUT2D eigenvalue weighted by atomic mass is 10.0. The van der Waals surface area contributed by atoms with Crippen molar-refractivity contribution in [1.29, 1.82) is 0 Å². The molecule has 2 aliphatic heterocycles. The molecule has 0 aromatic heterocycles. The Balaban J connectivity index is 1.89. The first kappa shape index (κ1) is 19.6. The number of hydrogen-bond donors (Lipinski definition) is 0. The van der Waals surface area contributed by atoms with E-state index in [9.17, 15) is 4.79 Å². The quantitative estimate of drug-likeness (QED) is 0.316. The Morgan fingerprint density at radius 1 is 1.29 bits per heavy atom. The monoisotopic (exact) mass is 356 g/mol. The van der Waals surface area contributed by atoms with Crippen molar-refractivity contribution in [2.24, 2.45) is 0 Å². The molecular weight excluding hydrogens is 324 g/mol. The minimum Gasteiger partial charge on any atom is -0.466 e. The molecule has 0 spiro atoms. The molecule has 0 amide bonds. The Morgan fingerprint density at radius 3 is 2.62 bits per heavy atom. The predicted octanol–water partition coefficient (Wildman–Crippen LogP) is 3.44. The molecule has 0 saturated carbocycles. The number of epoxide rings is 1. The summed E-state index contributed by atoms with van der Waals surface area (Å²) in [6.07, 6.45) is 6.43. The van der Waals surface area contributed by atoms with Gasteiger partial charge in [0.2, 0.25) is 0 Å². The van der Waals surface area contributed by atoms with Crippen LogP contribution >= 0.6 is 0 Å². The summed E-state index contributed by atoms with van der Waals surface area (Å²) in [6.45, 7) is 12.1. The molecule has 4 atom stereocenters. The third-order valence-corrected chi connectivity index (χ3v) is 9.85. The number of carbonyl (C=O) groups excluding carboxylic acids is 1. The summed E-state index contributed by atoms with van der Waals surface area (Å²) in [4.78, 5) is 11.1. The molecule has 0 aliphatic carbocycles. The van der Waals surface area contributed by atoms with Gasteiger partial charge in [0.1, 0.15) is 6.10 Å². The molecule has 5 nitrogen and oxygen atoms in total. The molecule has 0 aromatic carbocycles.